The normalized spacial score (nSPS) is 19.2. The fourth-order valence-corrected chi connectivity index (χ4v) is 4.54. The van der Waals surface area contributed by atoms with Crippen LogP contribution >= 0.6 is 15.9 Å². The molecular weight excluding hydrogens is 393 g/mol. The molecule has 2 heterocycles. The van der Waals surface area contributed by atoms with E-state index in [-0.39, 0.29) is 18.3 Å². The fourth-order valence-electron chi connectivity index (χ4n) is 4.09. The van der Waals surface area contributed by atoms with E-state index in [2.05, 4.69) is 20.9 Å². The summed E-state index contributed by atoms with van der Waals surface area (Å²) in [5.41, 5.74) is 2.12. The number of aromatic nitrogens is 1. The Morgan fingerprint density at radius 1 is 1.31 bits per heavy atom. The summed E-state index contributed by atoms with van der Waals surface area (Å²) in [4.78, 5) is 18.3. The van der Waals surface area contributed by atoms with Crippen LogP contribution in [0.25, 0.3) is 0 Å². The predicted molar refractivity (Wildman–Crippen MR) is 103 cm³/mol. The molecule has 1 aliphatic carbocycles. The summed E-state index contributed by atoms with van der Waals surface area (Å²) in [5, 5.41) is -1.56. The van der Waals surface area contributed by atoms with Gasteiger partial charge in [-0.2, -0.15) is 0 Å². The minimum Gasteiger partial charge on any atom is -0.340 e. The molecule has 0 atom stereocenters. The lowest BCUT2D eigenvalue weighted by Crippen LogP contribution is -2.45. The zero-order valence-corrected chi connectivity index (χ0v) is 15.8. The summed E-state index contributed by atoms with van der Waals surface area (Å²) < 4.78 is 15.6. The van der Waals surface area contributed by atoms with Gasteiger partial charge in [0.25, 0.3) is 5.91 Å². The van der Waals surface area contributed by atoms with Gasteiger partial charge in [0.1, 0.15) is 5.82 Å². The fraction of sp³-hybridized carbons (Fsp3) is 0.368. The largest absolute Gasteiger partial charge is 0.340 e. The van der Waals surface area contributed by atoms with Gasteiger partial charge in [0.15, 0.2) is 0 Å². The van der Waals surface area contributed by atoms with Crippen molar-refractivity contribution >= 4 is 37.5 Å². The summed E-state index contributed by atoms with van der Waals surface area (Å²) in [6, 6.07) is 6.69. The van der Waals surface area contributed by atoms with Crippen LogP contribution in [-0.4, -0.2) is 31.5 Å². The lowest BCUT2D eigenvalue weighted by Gasteiger charge is -2.34. The molecule has 0 unspecified atom stereocenters. The SMILES string of the molecule is [B]C1([B])c2ncccc2C(=O)N1Cc1c(F)cc(Br)cc1C1CCCC1. The zero-order chi connectivity index (χ0) is 18.5. The molecule has 1 saturated carbocycles. The van der Waals surface area contributed by atoms with Crippen LogP contribution in [0.3, 0.4) is 0 Å². The van der Waals surface area contributed by atoms with Crippen LogP contribution in [-0.2, 0) is 11.9 Å². The minimum absolute atomic E-state index is 0.0210. The molecule has 0 bridgehead atoms. The van der Waals surface area contributed by atoms with E-state index < -0.39 is 5.34 Å². The highest BCUT2D eigenvalue weighted by Gasteiger charge is 2.43. The molecule has 1 fully saturated rings. The number of carbonyl (C=O) groups excluding carboxylic acids is 1. The van der Waals surface area contributed by atoms with Crippen molar-refractivity contribution in [2.24, 2.45) is 0 Å². The molecule has 1 aromatic carbocycles. The zero-order valence-electron chi connectivity index (χ0n) is 14.2. The Kier molecular flexibility index (Phi) is 4.46. The molecule has 128 valence electrons. The Labute approximate surface area is 163 Å². The van der Waals surface area contributed by atoms with E-state index in [1.54, 1.807) is 18.3 Å². The Morgan fingerprint density at radius 3 is 2.73 bits per heavy atom. The minimum atomic E-state index is -1.56. The molecule has 0 spiro atoms. The highest BCUT2D eigenvalue weighted by atomic mass is 79.9. The highest BCUT2D eigenvalue weighted by Crippen LogP contribution is 2.40. The van der Waals surface area contributed by atoms with Gasteiger partial charge < -0.3 is 4.90 Å². The monoisotopic (exact) mass is 408 g/mol. The van der Waals surface area contributed by atoms with Crippen LogP contribution in [0.15, 0.2) is 34.9 Å². The maximum atomic E-state index is 14.9. The second-order valence-corrected chi connectivity index (χ2v) is 7.97. The first-order valence-corrected chi connectivity index (χ1v) is 9.52. The maximum Gasteiger partial charge on any atom is 0.255 e. The molecule has 4 rings (SSSR count). The number of benzene rings is 1. The smallest absolute Gasteiger partial charge is 0.255 e. The highest BCUT2D eigenvalue weighted by molar-refractivity contribution is 9.10. The first-order valence-electron chi connectivity index (χ1n) is 8.72. The topological polar surface area (TPSA) is 33.2 Å². The summed E-state index contributed by atoms with van der Waals surface area (Å²) in [5.74, 6) is -0.383. The maximum absolute atomic E-state index is 14.9. The van der Waals surface area contributed by atoms with E-state index in [4.69, 9.17) is 15.7 Å². The van der Waals surface area contributed by atoms with Gasteiger partial charge in [0, 0.05) is 28.1 Å². The lowest BCUT2D eigenvalue weighted by molar-refractivity contribution is 0.0729. The number of halogens is 2. The molecule has 1 aromatic heterocycles. The summed E-state index contributed by atoms with van der Waals surface area (Å²) >= 11 is 3.38. The summed E-state index contributed by atoms with van der Waals surface area (Å²) in [6.45, 7) is 0.0210. The van der Waals surface area contributed by atoms with Crippen LogP contribution in [0.1, 0.15) is 58.8 Å². The summed E-state index contributed by atoms with van der Waals surface area (Å²) in [6.07, 6.45) is 5.86. The van der Waals surface area contributed by atoms with Gasteiger partial charge in [0.05, 0.1) is 26.9 Å². The third-order valence-electron chi connectivity index (χ3n) is 5.42. The van der Waals surface area contributed by atoms with E-state index in [1.807, 2.05) is 6.07 Å². The Balaban J connectivity index is 1.75. The molecule has 4 radical (unpaired) electrons. The van der Waals surface area contributed by atoms with Gasteiger partial charge in [-0.1, -0.05) is 28.8 Å². The van der Waals surface area contributed by atoms with Crippen molar-refractivity contribution in [2.45, 2.75) is 43.5 Å². The third-order valence-corrected chi connectivity index (χ3v) is 5.87. The molecule has 3 nitrogen and oxygen atoms in total. The van der Waals surface area contributed by atoms with Crippen LogP contribution in [0.4, 0.5) is 4.39 Å². The second-order valence-electron chi connectivity index (χ2n) is 7.05. The molecular formula is C19H16B2BrFN2O. The van der Waals surface area contributed by atoms with E-state index >= 15 is 0 Å². The first kappa shape index (κ1) is 17.8. The number of amides is 1. The average Bonchev–Trinajstić information content (AvgIpc) is 3.19. The molecule has 7 heteroatoms. The number of nitrogens with zero attached hydrogens (tertiary/aromatic N) is 2. The Bertz CT molecular complexity index is 884. The number of pyridine rings is 1. The number of hydrogen-bond donors (Lipinski definition) is 0. The standard InChI is InChI=1S/C19H16B2BrFN2O/c20-19(21)17-13(6-3-7-24-17)18(26)25(19)10-15-14(11-4-1-2-5-11)8-12(22)9-16(15)23/h3,6-9,11H,1-2,4-5,10H2. The molecule has 0 saturated heterocycles. The number of carbonyl (C=O) groups is 1. The van der Waals surface area contributed by atoms with Gasteiger partial charge in [-0.3, -0.25) is 9.78 Å². The quantitative estimate of drug-likeness (QED) is 0.725. The van der Waals surface area contributed by atoms with Crippen molar-refractivity contribution in [3.8, 4) is 0 Å². The molecule has 2 aliphatic rings. The van der Waals surface area contributed by atoms with Gasteiger partial charge in [-0.05, 0) is 48.6 Å². The van der Waals surface area contributed by atoms with Gasteiger partial charge in [-0.25, -0.2) is 4.39 Å². The molecule has 0 N–H and O–H groups in total. The van der Waals surface area contributed by atoms with Crippen LogP contribution in [0, 0.1) is 5.82 Å². The Morgan fingerprint density at radius 2 is 2.04 bits per heavy atom. The predicted octanol–water partition coefficient (Wildman–Crippen LogP) is 3.74. The molecule has 1 amide bonds. The molecule has 26 heavy (non-hydrogen) atoms. The number of fused-ring (bicyclic) bond motifs is 1. The van der Waals surface area contributed by atoms with Gasteiger partial charge >= 0.3 is 0 Å². The molecule has 2 aromatic rings. The lowest BCUT2D eigenvalue weighted by atomic mass is 9.59. The average molecular weight is 409 g/mol. The van der Waals surface area contributed by atoms with Crippen molar-refractivity contribution in [3.05, 3.63) is 63.1 Å². The van der Waals surface area contributed by atoms with Crippen LogP contribution in [0.5, 0.6) is 0 Å². The Hall–Kier alpha value is -1.62. The third kappa shape index (κ3) is 2.81. The van der Waals surface area contributed by atoms with Crippen molar-refractivity contribution in [1.29, 1.82) is 0 Å². The van der Waals surface area contributed by atoms with E-state index in [9.17, 15) is 9.18 Å². The number of hydrogen-bond acceptors (Lipinski definition) is 2. The van der Waals surface area contributed by atoms with Crippen molar-refractivity contribution in [3.63, 3.8) is 0 Å². The van der Waals surface area contributed by atoms with Gasteiger partial charge in [-0.15, -0.1) is 0 Å². The number of rotatable bonds is 3. The summed E-state index contributed by atoms with van der Waals surface area (Å²) in [7, 11) is 12.5. The second kappa shape index (κ2) is 6.52. The van der Waals surface area contributed by atoms with Crippen molar-refractivity contribution < 1.29 is 9.18 Å². The van der Waals surface area contributed by atoms with Crippen molar-refractivity contribution in [2.75, 3.05) is 0 Å². The van der Waals surface area contributed by atoms with E-state index in [1.165, 1.54) is 11.0 Å². The van der Waals surface area contributed by atoms with Gasteiger partial charge in [0.2, 0.25) is 0 Å². The van der Waals surface area contributed by atoms with E-state index in [0.29, 0.717) is 27.2 Å². The van der Waals surface area contributed by atoms with Crippen LogP contribution < -0.4 is 0 Å². The van der Waals surface area contributed by atoms with E-state index in [0.717, 1.165) is 31.2 Å². The van der Waals surface area contributed by atoms with Crippen molar-refractivity contribution in [1.82, 2.24) is 9.88 Å². The molecule has 1 aliphatic heterocycles. The van der Waals surface area contributed by atoms with Crippen LogP contribution in [0.2, 0.25) is 0 Å². The first-order chi connectivity index (χ1) is 12.4.